The van der Waals surface area contributed by atoms with Gasteiger partial charge in [-0.1, -0.05) is 0 Å². The van der Waals surface area contributed by atoms with Gasteiger partial charge >= 0.3 is 0 Å². The SMILES string of the molecule is CC1OCC(C)(C)N1S(=O)(=O)c1ccc(F)cc1. The molecule has 0 spiro atoms. The number of halogens is 1. The maximum Gasteiger partial charge on any atom is 0.245 e. The van der Waals surface area contributed by atoms with Gasteiger partial charge < -0.3 is 4.74 Å². The summed E-state index contributed by atoms with van der Waals surface area (Å²) in [5.74, 6) is -0.459. The van der Waals surface area contributed by atoms with Crippen molar-refractivity contribution in [1.29, 1.82) is 0 Å². The fourth-order valence-corrected chi connectivity index (χ4v) is 4.05. The molecule has 0 aromatic heterocycles. The number of nitrogens with zero attached hydrogens (tertiary/aromatic N) is 1. The van der Waals surface area contributed by atoms with Gasteiger partial charge in [0.1, 0.15) is 12.0 Å². The van der Waals surface area contributed by atoms with Crippen LogP contribution < -0.4 is 0 Å². The minimum Gasteiger partial charge on any atom is -0.360 e. The van der Waals surface area contributed by atoms with Gasteiger partial charge in [-0.25, -0.2) is 12.8 Å². The summed E-state index contributed by atoms with van der Waals surface area (Å²) >= 11 is 0. The van der Waals surface area contributed by atoms with E-state index >= 15 is 0 Å². The third kappa shape index (κ3) is 2.15. The highest BCUT2D eigenvalue weighted by Gasteiger charge is 2.46. The number of sulfonamides is 1. The van der Waals surface area contributed by atoms with Crippen molar-refractivity contribution in [1.82, 2.24) is 4.31 Å². The number of ether oxygens (including phenoxy) is 1. The lowest BCUT2D eigenvalue weighted by molar-refractivity contribution is 0.0843. The van der Waals surface area contributed by atoms with Gasteiger partial charge in [0.05, 0.1) is 17.0 Å². The summed E-state index contributed by atoms with van der Waals surface area (Å²) in [7, 11) is -3.67. The van der Waals surface area contributed by atoms with Crippen LogP contribution in [0.4, 0.5) is 4.39 Å². The zero-order chi connectivity index (χ0) is 13.6. The van der Waals surface area contributed by atoms with Crippen LogP contribution in [-0.4, -0.2) is 31.1 Å². The molecule has 1 heterocycles. The molecule has 1 fully saturated rings. The van der Waals surface area contributed by atoms with E-state index in [0.717, 1.165) is 12.1 Å². The Morgan fingerprint density at radius 2 is 1.89 bits per heavy atom. The second-order valence-corrected chi connectivity index (χ2v) is 6.79. The molecular formula is C12H16FNO3S. The predicted molar refractivity (Wildman–Crippen MR) is 64.9 cm³/mol. The molecule has 6 heteroatoms. The molecule has 0 bridgehead atoms. The van der Waals surface area contributed by atoms with Crippen LogP contribution >= 0.6 is 0 Å². The van der Waals surface area contributed by atoms with Crippen LogP contribution in [0.3, 0.4) is 0 Å². The third-order valence-corrected chi connectivity index (χ3v) is 5.15. The lowest BCUT2D eigenvalue weighted by atomic mass is 10.1. The maximum absolute atomic E-state index is 12.8. The Morgan fingerprint density at radius 1 is 1.33 bits per heavy atom. The van der Waals surface area contributed by atoms with Crippen LogP contribution in [0, 0.1) is 5.82 Å². The van der Waals surface area contributed by atoms with Crippen LogP contribution in [0.25, 0.3) is 0 Å². The minimum atomic E-state index is -3.67. The van der Waals surface area contributed by atoms with E-state index in [2.05, 4.69) is 0 Å². The van der Waals surface area contributed by atoms with Crippen molar-refractivity contribution in [3.63, 3.8) is 0 Å². The van der Waals surface area contributed by atoms with Crippen LogP contribution in [0.1, 0.15) is 20.8 Å². The molecular weight excluding hydrogens is 257 g/mol. The van der Waals surface area contributed by atoms with E-state index in [9.17, 15) is 12.8 Å². The third-order valence-electron chi connectivity index (χ3n) is 2.98. The van der Waals surface area contributed by atoms with E-state index in [1.54, 1.807) is 20.8 Å². The Balaban J connectivity index is 2.45. The monoisotopic (exact) mass is 273 g/mol. The number of hydrogen-bond acceptors (Lipinski definition) is 3. The summed E-state index contributed by atoms with van der Waals surface area (Å²) in [5, 5.41) is 0. The second-order valence-electron chi connectivity index (χ2n) is 4.98. The molecule has 100 valence electrons. The van der Waals surface area contributed by atoms with Gasteiger partial charge in [0.15, 0.2) is 0 Å². The van der Waals surface area contributed by atoms with Gasteiger partial charge in [-0.3, -0.25) is 0 Å². The normalized spacial score (nSPS) is 24.3. The first-order chi connectivity index (χ1) is 8.25. The highest BCUT2D eigenvalue weighted by Crippen LogP contribution is 2.33. The van der Waals surface area contributed by atoms with Crippen LogP contribution in [0.15, 0.2) is 29.2 Å². The molecule has 1 aromatic carbocycles. The van der Waals surface area contributed by atoms with Crippen molar-refractivity contribution in [2.24, 2.45) is 0 Å². The summed E-state index contributed by atoms with van der Waals surface area (Å²) in [6.07, 6.45) is -0.518. The Kier molecular flexibility index (Phi) is 3.21. The molecule has 0 N–H and O–H groups in total. The van der Waals surface area contributed by atoms with Crippen molar-refractivity contribution in [2.45, 2.75) is 37.4 Å². The smallest absolute Gasteiger partial charge is 0.245 e. The van der Waals surface area contributed by atoms with E-state index in [1.807, 2.05) is 0 Å². The maximum atomic E-state index is 12.8. The first kappa shape index (κ1) is 13.5. The molecule has 4 nitrogen and oxygen atoms in total. The molecule has 0 radical (unpaired) electrons. The zero-order valence-corrected chi connectivity index (χ0v) is 11.4. The van der Waals surface area contributed by atoms with E-state index in [-0.39, 0.29) is 4.90 Å². The first-order valence-corrected chi connectivity index (χ1v) is 7.11. The molecule has 1 aliphatic heterocycles. The molecule has 2 rings (SSSR count). The number of benzene rings is 1. The average molecular weight is 273 g/mol. The Bertz CT molecular complexity index is 539. The quantitative estimate of drug-likeness (QED) is 0.827. The van der Waals surface area contributed by atoms with Gasteiger partial charge in [-0.2, -0.15) is 4.31 Å². The van der Waals surface area contributed by atoms with Crippen LogP contribution in [0.2, 0.25) is 0 Å². The van der Waals surface area contributed by atoms with Crippen LogP contribution in [-0.2, 0) is 14.8 Å². The highest BCUT2D eigenvalue weighted by molar-refractivity contribution is 7.89. The zero-order valence-electron chi connectivity index (χ0n) is 10.6. The van der Waals surface area contributed by atoms with Gasteiger partial charge in [0.25, 0.3) is 0 Å². The summed E-state index contributed by atoms with van der Waals surface area (Å²) in [6.45, 7) is 5.64. The topological polar surface area (TPSA) is 46.6 Å². The van der Waals surface area contributed by atoms with E-state index < -0.39 is 27.6 Å². The van der Waals surface area contributed by atoms with Crippen molar-refractivity contribution in [3.8, 4) is 0 Å². The van der Waals surface area contributed by atoms with Crippen molar-refractivity contribution < 1.29 is 17.5 Å². The fraction of sp³-hybridized carbons (Fsp3) is 0.500. The Morgan fingerprint density at radius 3 is 2.33 bits per heavy atom. The minimum absolute atomic E-state index is 0.0781. The average Bonchev–Trinajstić information content (AvgIpc) is 2.53. The molecule has 1 aliphatic rings. The van der Waals surface area contributed by atoms with E-state index in [0.29, 0.717) is 6.61 Å². The van der Waals surface area contributed by atoms with Crippen LogP contribution in [0.5, 0.6) is 0 Å². The highest BCUT2D eigenvalue weighted by atomic mass is 32.2. The largest absolute Gasteiger partial charge is 0.360 e. The predicted octanol–water partition coefficient (Wildman–Crippen LogP) is 1.97. The molecule has 1 aromatic rings. The van der Waals surface area contributed by atoms with Gasteiger partial charge in [-0.05, 0) is 45.0 Å². The fourth-order valence-electron chi connectivity index (χ4n) is 2.19. The lowest BCUT2D eigenvalue weighted by Crippen LogP contribution is -2.47. The Labute approximate surface area is 106 Å². The molecule has 0 amide bonds. The molecule has 1 saturated heterocycles. The van der Waals surface area contributed by atoms with E-state index in [4.69, 9.17) is 4.74 Å². The second kappa shape index (κ2) is 4.29. The van der Waals surface area contributed by atoms with Crippen molar-refractivity contribution >= 4 is 10.0 Å². The first-order valence-electron chi connectivity index (χ1n) is 5.67. The number of hydrogen-bond donors (Lipinski definition) is 0. The summed E-state index contributed by atoms with van der Waals surface area (Å²) in [6, 6.07) is 4.82. The van der Waals surface area contributed by atoms with Gasteiger partial charge in [0, 0.05) is 0 Å². The molecule has 1 atom stereocenters. The molecule has 18 heavy (non-hydrogen) atoms. The van der Waals surface area contributed by atoms with Gasteiger partial charge in [-0.15, -0.1) is 0 Å². The summed E-state index contributed by atoms with van der Waals surface area (Å²) in [4.78, 5) is 0.0781. The van der Waals surface area contributed by atoms with Crippen molar-refractivity contribution in [2.75, 3.05) is 6.61 Å². The molecule has 1 unspecified atom stereocenters. The lowest BCUT2D eigenvalue weighted by Gasteiger charge is -2.30. The standard InChI is InChI=1S/C12H16FNO3S/c1-9-14(12(2,3)8-17-9)18(15,16)11-6-4-10(13)5-7-11/h4-7,9H,8H2,1-3H3. The number of rotatable bonds is 2. The van der Waals surface area contributed by atoms with Crippen molar-refractivity contribution in [3.05, 3.63) is 30.1 Å². The molecule has 0 aliphatic carbocycles. The van der Waals surface area contributed by atoms with Gasteiger partial charge in [0.2, 0.25) is 10.0 Å². The Hall–Kier alpha value is -0.980. The molecule has 0 saturated carbocycles. The summed E-state index contributed by atoms with van der Waals surface area (Å²) < 4.78 is 44.5. The van der Waals surface area contributed by atoms with E-state index in [1.165, 1.54) is 16.4 Å². The summed E-state index contributed by atoms with van der Waals surface area (Å²) in [5.41, 5.74) is -0.605.